The maximum Gasteiger partial charge on any atom is 0.0596 e. The standard InChI is InChI=1S/C14H32N2O/c1-13(2)15-9-7-6-8-10-16(5)11-12-17-14(3)4/h13-15H,6-12H2,1-5H3. The van der Waals surface area contributed by atoms with Gasteiger partial charge in [-0.1, -0.05) is 20.3 Å². The highest BCUT2D eigenvalue weighted by molar-refractivity contribution is 4.55. The van der Waals surface area contributed by atoms with Gasteiger partial charge in [0, 0.05) is 12.6 Å². The average molecular weight is 244 g/mol. The zero-order valence-electron chi connectivity index (χ0n) is 12.5. The fourth-order valence-corrected chi connectivity index (χ4v) is 1.63. The smallest absolute Gasteiger partial charge is 0.0596 e. The van der Waals surface area contributed by atoms with Crippen LogP contribution in [0.5, 0.6) is 0 Å². The number of ether oxygens (including phenoxy) is 1. The maximum absolute atomic E-state index is 5.53. The average Bonchev–Trinajstić information content (AvgIpc) is 2.22. The first kappa shape index (κ1) is 16.9. The lowest BCUT2D eigenvalue weighted by Gasteiger charge is -2.17. The molecule has 0 radical (unpaired) electrons. The lowest BCUT2D eigenvalue weighted by molar-refractivity contribution is 0.0636. The first-order valence-electron chi connectivity index (χ1n) is 7.06. The van der Waals surface area contributed by atoms with E-state index in [1.54, 1.807) is 0 Å². The molecule has 0 aliphatic carbocycles. The predicted octanol–water partition coefficient (Wildman–Crippen LogP) is 2.51. The number of nitrogens with zero attached hydrogens (tertiary/aromatic N) is 1. The topological polar surface area (TPSA) is 24.5 Å². The Kier molecular flexibility index (Phi) is 10.9. The molecule has 0 bridgehead atoms. The van der Waals surface area contributed by atoms with E-state index in [0.29, 0.717) is 12.1 Å². The Morgan fingerprint density at radius 1 is 1.00 bits per heavy atom. The molecule has 0 saturated heterocycles. The number of hydrogen-bond donors (Lipinski definition) is 1. The van der Waals surface area contributed by atoms with Crippen LogP contribution in [-0.4, -0.2) is 50.3 Å². The quantitative estimate of drug-likeness (QED) is 0.565. The molecule has 0 aromatic heterocycles. The van der Waals surface area contributed by atoms with Crippen molar-refractivity contribution >= 4 is 0 Å². The highest BCUT2D eigenvalue weighted by Gasteiger charge is 1.99. The molecule has 0 spiro atoms. The highest BCUT2D eigenvalue weighted by atomic mass is 16.5. The fraction of sp³-hybridized carbons (Fsp3) is 1.00. The van der Waals surface area contributed by atoms with Crippen LogP contribution in [0.25, 0.3) is 0 Å². The van der Waals surface area contributed by atoms with Gasteiger partial charge >= 0.3 is 0 Å². The van der Waals surface area contributed by atoms with Crippen molar-refractivity contribution in [3.63, 3.8) is 0 Å². The fourth-order valence-electron chi connectivity index (χ4n) is 1.63. The largest absolute Gasteiger partial charge is 0.377 e. The van der Waals surface area contributed by atoms with Gasteiger partial charge < -0.3 is 15.0 Å². The summed E-state index contributed by atoms with van der Waals surface area (Å²) in [6.45, 7) is 12.8. The van der Waals surface area contributed by atoms with Crippen molar-refractivity contribution in [1.82, 2.24) is 10.2 Å². The molecular weight excluding hydrogens is 212 g/mol. The molecule has 0 aliphatic rings. The Labute approximate surface area is 108 Å². The van der Waals surface area contributed by atoms with Gasteiger partial charge in [-0.25, -0.2) is 0 Å². The second kappa shape index (κ2) is 11.0. The van der Waals surface area contributed by atoms with E-state index in [0.717, 1.165) is 19.7 Å². The van der Waals surface area contributed by atoms with Crippen molar-refractivity contribution < 1.29 is 4.74 Å². The van der Waals surface area contributed by atoms with E-state index in [1.807, 2.05) is 0 Å². The molecule has 104 valence electrons. The van der Waals surface area contributed by atoms with Gasteiger partial charge in [-0.15, -0.1) is 0 Å². The third-order valence-corrected chi connectivity index (χ3v) is 2.69. The molecule has 0 saturated carbocycles. The molecule has 0 aromatic carbocycles. The van der Waals surface area contributed by atoms with E-state index in [2.05, 4.69) is 45.0 Å². The number of rotatable bonds is 11. The summed E-state index contributed by atoms with van der Waals surface area (Å²) < 4.78 is 5.53. The van der Waals surface area contributed by atoms with Crippen molar-refractivity contribution in [2.45, 2.75) is 59.1 Å². The van der Waals surface area contributed by atoms with Crippen LogP contribution < -0.4 is 5.32 Å². The van der Waals surface area contributed by atoms with Crippen molar-refractivity contribution in [3.8, 4) is 0 Å². The molecule has 1 N–H and O–H groups in total. The molecule has 0 fully saturated rings. The molecule has 0 amide bonds. The summed E-state index contributed by atoms with van der Waals surface area (Å²) in [5, 5.41) is 3.45. The number of likely N-dealkylation sites (N-methyl/N-ethyl adjacent to an activating group) is 1. The molecule has 0 unspecified atom stereocenters. The Bertz CT molecular complexity index is 160. The minimum atomic E-state index is 0.352. The third-order valence-electron chi connectivity index (χ3n) is 2.69. The van der Waals surface area contributed by atoms with Crippen LogP contribution in [0.2, 0.25) is 0 Å². The first-order chi connectivity index (χ1) is 8.02. The van der Waals surface area contributed by atoms with Crippen LogP contribution in [-0.2, 0) is 4.74 Å². The normalized spacial score (nSPS) is 12.0. The number of nitrogens with one attached hydrogen (secondary N) is 1. The number of unbranched alkanes of at least 4 members (excludes halogenated alkanes) is 2. The van der Waals surface area contributed by atoms with Gasteiger partial charge in [-0.3, -0.25) is 0 Å². The van der Waals surface area contributed by atoms with Crippen molar-refractivity contribution in [1.29, 1.82) is 0 Å². The van der Waals surface area contributed by atoms with E-state index in [1.165, 1.54) is 25.8 Å². The number of hydrogen-bond acceptors (Lipinski definition) is 3. The molecule has 17 heavy (non-hydrogen) atoms. The molecular formula is C14H32N2O. The maximum atomic E-state index is 5.53. The van der Waals surface area contributed by atoms with Crippen LogP contribution in [0.1, 0.15) is 47.0 Å². The van der Waals surface area contributed by atoms with E-state index < -0.39 is 0 Å². The van der Waals surface area contributed by atoms with Gasteiger partial charge in [0.05, 0.1) is 12.7 Å². The lowest BCUT2D eigenvalue weighted by Crippen LogP contribution is -2.26. The van der Waals surface area contributed by atoms with Crippen LogP contribution in [0.4, 0.5) is 0 Å². The Morgan fingerprint density at radius 3 is 2.29 bits per heavy atom. The summed E-state index contributed by atoms with van der Waals surface area (Å²) in [6.07, 6.45) is 4.24. The summed E-state index contributed by atoms with van der Waals surface area (Å²) in [6, 6.07) is 0.617. The van der Waals surface area contributed by atoms with E-state index in [-0.39, 0.29) is 0 Å². The summed E-state index contributed by atoms with van der Waals surface area (Å²) in [5.74, 6) is 0. The van der Waals surface area contributed by atoms with E-state index >= 15 is 0 Å². The van der Waals surface area contributed by atoms with Crippen LogP contribution in [0.3, 0.4) is 0 Å². The van der Waals surface area contributed by atoms with Gasteiger partial charge in [0.1, 0.15) is 0 Å². The van der Waals surface area contributed by atoms with Gasteiger partial charge in [0.2, 0.25) is 0 Å². The van der Waals surface area contributed by atoms with Gasteiger partial charge in [0.25, 0.3) is 0 Å². The monoisotopic (exact) mass is 244 g/mol. The van der Waals surface area contributed by atoms with Gasteiger partial charge in [-0.2, -0.15) is 0 Å². The van der Waals surface area contributed by atoms with E-state index in [9.17, 15) is 0 Å². The summed E-state index contributed by atoms with van der Waals surface area (Å²) >= 11 is 0. The minimum Gasteiger partial charge on any atom is -0.377 e. The van der Waals surface area contributed by atoms with Crippen LogP contribution in [0, 0.1) is 0 Å². The molecule has 0 aromatic rings. The highest BCUT2D eigenvalue weighted by Crippen LogP contribution is 1.97. The Morgan fingerprint density at radius 2 is 1.71 bits per heavy atom. The SMILES string of the molecule is CC(C)NCCCCCN(C)CCOC(C)C. The second-order valence-corrected chi connectivity index (χ2v) is 5.39. The van der Waals surface area contributed by atoms with Gasteiger partial charge in [0.15, 0.2) is 0 Å². The molecule has 3 nitrogen and oxygen atoms in total. The molecule has 3 heteroatoms. The zero-order chi connectivity index (χ0) is 13.1. The second-order valence-electron chi connectivity index (χ2n) is 5.39. The summed E-state index contributed by atoms with van der Waals surface area (Å²) in [5.41, 5.74) is 0. The molecule has 0 heterocycles. The first-order valence-corrected chi connectivity index (χ1v) is 7.06. The molecule has 0 atom stereocenters. The third kappa shape index (κ3) is 13.8. The minimum absolute atomic E-state index is 0.352. The summed E-state index contributed by atoms with van der Waals surface area (Å²) in [7, 11) is 2.18. The summed E-state index contributed by atoms with van der Waals surface area (Å²) in [4.78, 5) is 2.36. The van der Waals surface area contributed by atoms with E-state index in [4.69, 9.17) is 4.74 Å². The predicted molar refractivity (Wildman–Crippen MR) is 75.6 cm³/mol. The van der Waals surface area contributed by atoms with Crippen molar-refractivity contribution in [3.05, 3.63) is 0 Å². The van der Waals surface area contributed by atoms with Gasteiger partial charge in [-0.05, 0) is 46.8 Å². The lowest BCUT2D eigenvalue weighted by atomic mass is 10.2. The van der Waals surface area contributed by atoms with Crippen molar-refractivity contribution in [2.24, 2.45) is 0 Å². The van der Waals surface area contributed by atoms with Crippen LogP contribution >= 0.6 is 0 Å². The van der Waals surface area contributed by atoms with Crippen molar-refractivity contribution in [2.75, 3.05) is 33.3 Å². The molecule has 0 aliphatic heterocycles. The Hall–Kier alpha value is -0.120. The Balaban J connectivity index is 3.19. The zero-order valence-corrected chi connectivity index (χ0v) is 12.5. The molecule has 0 rings (SSSR count). The van der Waals surface area contributed by atoms with Crippen LogP contribution in [0.15, 0.2) is 0 Å².